The van der Waals surface area contributed by atoms with E-state index in [2.05, 4.69) is 5.32 Å². The van der Waals surface area contributed by atoms with Crippen LogP contribution in [0.25, 0.3) is 0 Å². The Kier molecular flexibility index (Phi) is 5.72. The van der Waals surface area contributed by atoms with E-state index < -0.39 is 32.9 Å². The van der Waals surface area contributed by atoms with Gasteiger partial charge in [0.25, 0.3) is 0 Å². The largest absolute Gasteiger partial charge is 0.392 e. The zero-order valence-electron chi connectivity index (χ0n) is 11.5. The summed E-state index contributed by atoms with van der Waals surface area (Å²) in [5.74, 6) is -1.22. The van der Waals surface area contributed by atoms with Gasteiger partial charge in [0.15, 0.2) is 9.84 Å². The van der Waals surface area contributed by atoms with Crippen molar-refractivity contribution in [2.24, 2.45) is 0 Å². The fraction of sp³-hybridized carbons (Fsp3) is 0.385. The van der Waals surface area contributed by atoms with Crippen LogP contribution in [0.2, 0.25) is 5.02 Å². The average Bonchev–Trinajstić information content (AvgIpc) is 2.36. The van der Waals surface area contributed by atoms with Gasteiger partial charge in [0.05, 0.1) is 22.4 Å². The summed E-state index contributed by atoms with van der Waals surface area (Å²) in [5.41, 5.74) is 0.549. The van der Waals surface area contributed by atoms with Crippen molar-refractivity contribution in [3.05, 3.63) is 28.8 Å². The lowest BCUT2D eigenvalue weighted by Gasteiger charge is -2.14. The van der Waals surface area contributed by atoms with Gasteiger partial charge in [0, 0.05) is 5.69 Å². The van der Waals surface area contributed by atoms with Crippen LogP contribution in [0.3, 0.4) is 0 Å². The fourth-order valence-corrected chi connectivity index (χ4v) is 3.14. The molecular weight excluding hydrogens is 316 g/mol. The van der Waals surface area contributed by atoms with Gasteiger partial charge in [-0.2, -0.15) is 5.26 Å². The van der Waals surface area contributed by atoms with Crippen molar-refractivity contribution in [1.29, 1.82) is 5.26 Å². The number of carbonyl (C=O) groups excluding carboxylic acids is 1. The van der Waals surface area contributed by atoms with Crippen molar-refractivity contribution >= 4 is 33.0 Å². The van der Waals surface area contributed by atoms with Gasteiger partial charge in [-0.15, -0.1) is 0 Å². The highest BCUT2D eigenvalue weighted by Crippen LogP contribution is 2.20. The Balaban J connectivity index is 2.87. The molecule has 0 spiro atoms. The number of carbonyl (C=O) groups is 1. The molecule has 2 atom stereocenters. The SMILES string of the molecule is CC(O)CS(=O)(=O)C(C)C(=O)Nc1ccc(C#N)c(Cl)c1. The highest BCUT2D eigenvalue weighted by molar-refractivity contribution is 7.92. The first-order chi connectivity index (χ1) is 9.67. The summed E-state index contributed by atoms with van der Waals surface area (Å²) >= 11 is 5.83. The van der Waals surface area contributed by atoms with Crippen LogP contribution in [0.1, 0.15) is 19.4 Å². The number of amides is 1. The lowest BCUT2D eigenvalue weighted by Crippen LogP contribution is -2.36. The first kappa shape index (κ1) is 17.4. The van der Waals surface area contributed by atoms with Gasteiger partial charge in [-0.05, 0) is 32.0 Å². The van der Waals surface area contributed by atoms with Gasteiger partial charge in [0.2, 0.25) is 5.91 Å². The van der Waals surface area contributed by atoms with Crippen LogP contribution in [0.4, 0.5) is 5.69 Å². The molecule has 2 unspecified atom stereocenters. The first-order valence-electron chi connectivity index (χ1n) is 6.07. The molecule has 1 aromatic carbocycles. The third-order valence-electron chi connectivity index (χ3n) is 2.74. The van der Waals surface area contributed by atoms with Crippen molar-refractivity contribution in [1.82, 2.24) is 0 Å². The van der Waals surface area contributed by atoms with Crippen LogP contribution in [-0.4, -0.2) is 36.5 Å². The van der Waals surface area contributed by atoms with E-state index >= 15 is 0 Å². The van der Waals surface area contributed by atoms with Crippen molar-refractivity contribution in [3.63, 3.8) is 0 Å². The van der Waals surface area contributed by atoms with E-state index in [-0.39, 0.29) is 10.6 Å². The standard InChI is InChI=1S/C13H15ClN2O4S/c1-8(17)7-21(19,20)9(2)13(18)16-11-4-3-10(6-15)12(14)5-11/h3-5,8-9,17H,7H2,1-2H3,(H,16,18). The highest BCUT2D eigenvalue weighted by Gasteiger charge is 2.29. The predicted molar refractivity (Wildman–Crippen MR) is 79.7 cm³/mol. The molecule has 0 aromatic heterocycles. The Morgan fingerprint density at radius 3 is 2.57 bits per heavy atom. The number of nitrogens with zero attached hydrogens (tertiary/aromatic N) is 1. The molecule has 8 heteroatoms. The number of sulfone groups is 1. The molecule has 0 bridgehead atoms. The first-order valence-corrected chi connectivity index (χ1v) is 8.17. The lowest BCUT2D eigenvalue weighted by molar-refractivity contribution is -0.115. The van der Waals surface area contributed by atoms with Crippen molar-refractivity contribution < 1.29 is 18.3 Å². The molecule has 0 heterocycles. The number of benzene rings is 1. The van der Waals surface area contributed by atoms with E-state index in [9.17, 15) is 13.2 Å². The molecule has 0 aliphatic heterocycles. The maximum atomic E-state index is 11.9. The van der Waals surface area contributed by atoms with Crippen LogP contribution >= 0.6 is 11.6 Å². The molecule has 0 radical (unpaired) electrons. The third kappa shape index (κ3) is 4.70. The summed E-state index contributed by atoms with van der Waals surface area (Å²) in [4.78, 5) is 11.9. The minimum absolute atomic E-state index is 0.162. The zero-order valence-corrected chi connectivity index (χ0v) is 13.1. The fourth-order valence-electron chi connectivity index (χ4n) is 1.57. The number of halogens is 1. The Morgan fingerprint density at radius 1 is 1.48 bits per heavy atom. The van der Waals surface area contributed by atoms with Crippen molar-refractivity contribution in [3.8, 4) is 6.07 Å². The molecule has 114 valence electrons. The second kappa shape index (κ2) is 6.89. The summed E-state index contributed by atoms with van der Waals surface area (Å²) in [6, 6.07) is 6.12. The summed E-state index contributed by atoms with van der Waals surface area (Å²) in [5, 5.41) is 19.2. The number of nitrogens with one attached hydrogen (secondary N) is 1. The topological polar surface area (TPSA) is 107 Å². The van der Waals surface area contributed by atoms with Gasteiger partial charge in [0.1, 0.15) is 11.3 Å². The molecule has 0 aliphatic carbocycles. The van der Waals surface area contributed by atoms with E-state index in [1.165, 1.54) is 32.0 Å². The van der Waals surface area contributed by atoms with Crippen molar-refractivity contribution in [2.45, 2.75) is 25.2 Å². The molecule has 21 heavy (non-hydrogen) atoms. The smallest absolute Gasteiger partial charge is 0.242 e. The molecule has 0 fully saturated rings. The summed E-state index contributed by atoms with van der Waals surface area (Å²) in [7, 11) is -3.75. The summed E-state index contributed by atoms with van der Waals surface area (Å²) in [6.07, 6.45) is -1.05. The van der Waals surface area contributed by atoms with Gasteiger partial charge < -0.3 is 10.4 Å². The van der Waals surface area contributed by atoms with E-state index in [0.29, 0.717) is 5.69 Å². The maximum Gasteiger partial charge on any atom is 0.242 e. The molecule has 0 saturated heterocycles. The number of anilines is 1. The molecule has 6 nitrogen and oxygen atoms in total. The number of hydrogen-bond acceptors (Lipinski definition) is 5. The number of nitriles is 1. The van der Waals surface area contributed by atoms with E-state index in [0.717, 1.165) is 0 Å². The Bertz CT molecular complexity index is 680. The molecule has 1 amide bonds. The van der Waals surface area contributed by atoms with Gasteiger partial charge >= 0.3 is 0 Å². The van der Waals surface area contributed by atoms with Crippen LogP contribution in [0, 0.1) is 11.3 Å². The van der Waals surface area contributed by atoms with Gasteiger partial charge in [-0.3, -0.25) is 4.79 Å². The van der Waals surface area contributed by atoms with Crippen LogP contribution < -0.4 is 5.32 Å². The van der Waals surface area contributed by atoms with Crippen LogP contribution in [0.5, 0.6) is 0 Å². The minimum Gasteiger partial charge on any atom is -0.392 e. The molecule has 0 aliphatic rings. The summed E-state index contributed by atoms with van der Waals surface area (Å²) in [6.45, 7) is 2.58. The van der Waals surface area contributed by atoms with E-state index in [4.69, 9.17) is 22.0 Å². The zero-order chi connectivity index (χ0) is 16.2. The third-order valence-corrected chi connectivity index (χ3v) is 5.29. The molecular formula is C13H15ClN2O4S. The van der Waals surface area contributed by atoms with E-state index in [1.54, 1.807) is 0 Å². The van der Waals surface area contributed by atoms with E-state index in [1.807, 2.05) is 6.07 Å². The average molecular weight is 331 g/mol. The van der Waals surface area contributed by atoms with Crippen LogP contribution in [-0.2, 0) is 14.6 Å². The molecule has 2 N–H and O–H groups in total. The number of aliphatic hydroxyl groups is 1. The quantitative estimate of drug-likeness (QED) is 0.847. The van der Waals surface area contributed by atoms with Gasteiger partial charge in [-0.1, -0.05) is 11.6 Å². The second-order valence-electron chi connectivity index (χ2n) is 4.62. The Hall–Kier alpha value is -1.62. The predicted octanol–water partition coefficient (Wildman–Crippen LogP) is 1.33. The Morgan fingerprint density at radius 2 is 2.10 bits per heavy atom. The number of hydrogen-bond donors (Lipinski definition) is 2. The van der Waals surface area contributed by atoms with Crippen molar-refractivity contribution in [2.75, 3.05) is 11.1 Å². The monoisotopic (exact) mass is 330 g/mol. The normalized spacial score (nSPS) is 14.0. The molecule has 1 aromatic rings. The number of rotatable bonds is 5. The second-order valence-corrected chi connectivity index (χ2v) is 7.39. The lowest BCUT2D eigenvalue weighted by atomic mass is 10.2. The summed E-state index contributed by atoms with van der Waals surface area (Å²) < 4.78 is 23.7. The maximum absolute atomic E-state index is 11.9. The Labute approximate surface area is 128 Å². The minimum atomic E-state index is -3.75. The molecule has 1 rings (SSSR count). The molecule has 0 saturated carbocycles. The highest BCUT2D eigenvalue weighted by atomic mass is 35.5. The number of aliphatic hydroxyl groups excluding tert-OH is 1. The van der Waals surface area contributed by atoms with Gasteiger partial charge in [-0.25, -0.2) is 8.42 Å². The van der Waals surface area contributed by atoms with Crippen LogP contribution in [0.15, 0.2) is 18.2 Å².